The third-order valence-electron chi connectivity index (χ3n) is 7.87. The van der Waals surface area contributed by atoms with Crippen LogP contribution < -0.4 is 15.2 Å². The Hall–Kier alpha value is -4.28. The molecule has 2 N–H and O–H groups in total. The average molecular weight is 552 g/mol. The molecule has 0 spiro atoms. The van der Waals surface area contributed by atoms with Crippen molar-refractivity contribution < 1.29 is 19.0 Å². The molecular weight excluding hydrogens is 514 g/mol. The molecule has 0 radical (unpaired) electrons. The van der Waals surface area contributed by atoms with Gasteiger partial charge in [0.15, 0.2) is 17.3 Å². The summed E-state index contributed by atoms with van der Waals surface area (Å²) in [5.41, 5.74) is 10.2. The summed E-state index contributed by atoms with van der Waals surface area (Å²) in [6.07, 6.45) is 1.09. The zero-order valence-corrected chi connectivity index (χ0v) is 24.2. The van der Waals surface area contributed by atoms with Crippen molar-refractivity contribution in [3.63, 3.8) is 0 Å². The lowest BCUT2D eigenvalue weighted by Crippen LogP contribution is -2.43. The molecule has 0 saturated carbocycles. The zero-order valence-electron chi connectivity index (χ0n) is 24.2. The number of methoxy groups -OCH3 is 1. The summed E-state index contributed by atoms with van der Waals surface area (Å²) >= 11 is 0. The second kappa shape index (κ2) is 11.7. The number of nitrogens with zero attached hydrogens (tertiary/aromatic N) is 2. The summed E-state index contributed by atoms with van der Waals surface area (Å²) < 4.78 is 17.6. The number of hydrogen-bond donors (Lipinski definition) is 1. The van der Waals surface area contributed by atoms with Crippen molar-refractivity contribution in [2.75, 3.05) is 26.9 Å². The number of Topliss-reactive ketones (excluding diaryl/α,β-unsaturated/α-hetero) is 1. The molecule has 1 aliphatic carbocycles. The largest absolute Gasteiger partial charge is 0.490 e. The van der Waals surface area contributed by atoms with Gasteiger partial charge in [0.05, 0.1) is 30.8 Å². The second-order valence-corrected chi connectivity index (χ2v) is 11.4. The van der Waals surface area contributed by atoms with Crippen molar-refractivity contribution >= 4 is 16.6 Å². The van der Waals surface area contributed by atoms with Gasteiger partial charge in [-0.1, -0.05) is 62.4 Å². The minimum atomic E-state index is -0.580. The van der Waals surface area contributed by atoms with Crippen LogP contribution in [0, 0.1) is 16.7 Å². The number of fused-ring (bicyclic) bond motifs is 1. The number of carbonyl (C=O) groups is 1. The van der Waals surface area contributed by atoms with E-state index in [0.717, 1.165) is 27.6 Å². The zero-order chi connectivity index (χ0) is 29.1. The molecule has 7 nitrogen and oxygen atoms in total. The van der Waals surface area contributed by atoms with E-state index in [0.29, 0.717) is 67.7 Å². The first-order valence-corrected chi connectivity index (χ1v) is 14.1. The van der Waals surface area contributed by atoms with Crippen LogP contribution >= 0.6 is 0 Å². The number of carbonyl (C=O) groups excluding carboxylic acids is 1. The molecule has 0 aromatic heterocycles. The summed E-state index contributed by atoms with van der Waals surface area (Å²) in [6, 6.07) is 22.4. The minimum Gasteiger partial charge on any atom is -0.490 e. The van der Waals surface area contributed by atoms with Gasteiger partial charge in [0, 0.05) is 31.3 Å². The Morgan fingerprint density at radius 1 is 1.05 bits per heavy atom. The minimum absolute atomic E-state index is 0.0400. The van der Waals surface area contributed by atoms with Gasteiger partial charge in [-0.25, -0.2) is 0 Å². The monoisotopic (exact) mass is 551 g/mol. The van der Waals surface area contributed by atoms with Crippen molar-refractivity contribution in [1.29, 1.82) is 5.26 Å². The number of rotatable bonds is 9. The first-order valence-electron chi connectivity index (χ1n) is 14.1. The van der Waals surface area contributed by atoms with Crippen LogP contribution in [0.25, 0.3) is 10.8 Å². The maximum Gasteiger partial charge on any atom is 0.162 e. The van der Waals surface area contributed by atoms with Crippen LogP contribution in [0.1, 0.15) is 50.7 Å². The highest BCUT2D eigenvalue weighted by molar-refractivity contribution is 6.00. The van der Waals surface area contributed by atoms with Crippen LogP contribution in [0.4, 0.5) is 0 Å². The lowest BCUT2D eigenvalue weighted by molar-refractivity contribution is -0.118. The van der Waals surface area contributed by atoms with E-state index in [-0.39, 0.29) is 11.2 Å². The quantitative estimate of drug-likeness (QED) is 0.338. The van der Waals surface area contributed by atoms with Crippen LogP contribution in [0.15, 0.2) is 83.3 Å². The SMILES string of the molecule is CCOc1cc([C@@H]2C(C#N)=C(N)N(CCOC)C3=C2C(=O)CC(C)(C)C3)ccc1OCc1cccc2ccccc12. The molecule has 0 saturated heterocycles. The van der Waals surface area contributed by atoms with Gasteiger partial charge in [-0.3, -0.25) is 4.79 Å². The third-order valence-corrected chi connectivity index (χ3v) is 7.87. The van der Waals surface area contributed by atoms with Crippen molar-refractivity contribution in [2.24, 2.45) is 11.1 Å². The van der Waals surface area contributed by atoms with Crippen molar-refractivity contribution in [3.05, 3.63) is 94.5 Å². The molecule has 3 aromatic carbocycles. The van der Waals surface area contributed by atoms with Gasteiger partial charge in [-0.2, -0.15) is 5.26 Å². The van der Waals surface area contributed by atoms with Gasteiger partial charge in [-0.05, 0) is 52.8 Å². The summed E-state index contributed by atoms with van der Waals surface area (Å²) in [5, 5.41) is 12.6. The Bertz CT molecular complexity index is 1580. The molecular formula is C34H37N3O4. The smallest absolute Gasteiger partial charge is 0.162 e. The molecule has 0 amide bonds. The van der Waals surface area contributed by atoms with Crippen molar-refractivity contribution in [1.82, 2.24) is 4.90 Å². The van der Waals surface area contributed by atoms with Gasteiger partial charge < -0.3 is 24.8 Å². The molecule has 1 aliphatic heterocycles. The number of benzene rings is 3. The van der Waals surface area contributed by atoms with Crippen LogP contribution in [0.5, 0.6) is 11.5 Å². The topological polar surface area (TPSA) is 97.8 Å². The van der Waals surface area contributed by atoms with Crippen LogP contribution in [-0.2, 0) is 16.1 Å². The average Bonchev–Trinajstić information content (AvgIpc) is 2.95. The number of nitriles is 1. The molecule has 0 bridgehead atoms. The van der Waals surface area contributed by atoms with Crippen LogP contribution in [-0.4, -0.2) is 37.6 Å². The highest BCUT2D eigenvalue weighted by atomic mass is 16.5. The molecule has 1 heterocycles. The lowest BCUT2D eigenvalue weighted by Gasteiger charge is -2.43. The number of nitrogens with two attached hydrogens (primary N) is 1. The predicted molar refractivity (Wildman–Crippen MR) is 159 cm³/mol. The Morgan fingerprint density at radius 2 is 1.83 bits per heavy atom. The van der Waals surface area contributed by atoms with Crippen molar-refractivity contribution in [3.8, 4) is 17.6 Å². The van der Waals surface area contributed by atoms with Crippen molar-refractivity contribution in [2.45, 2.75) is 46.1 Å². The highest BCUT2D eigenvalue weighted by Crippen LogP contribution is 2.49. The Labute approximate surface area is 241 Å². The molecule has 41 heavy (non-hydrogen) atoms. The summed E-state index contributed by atoms with van der Waals surface area (Å²) in [6.45, 7) is 7.80. The van der Waals surface area contributed by atoms with E-state index >= 15 is 0 Å². The molecule has 0 unspecified atom stereocenters. The Balaban J connectivity index is 1.54. The van der Waals surface area contributed by atoms with Crippen LogP contribution in [0.3, 0.4) is 0 Å². The van der Waals surface area contributed by atoms with E-state index in [1.165, 1.54) is 0 Å². The fraction of sp³-hybridized carbons (Fsp3) is 0.353. The van der Waals surface area contributed by atoms with E-state index in [1.54, 1.807) is 7.11 Å². The highest BCUT2D eigenvalue weighted by Gasteiger charge is 2.44. The number of hydrogen-bond acceptors (Lipinski definition) is 7. The van der Waals surface area contributed by atoms with Crippen LogP contribution in [0.2, 0.25) is 0 Å². The third kappa shape index (κ3) is 5.53. The fourth-order valence-electron chi connectivity index (χ4n) is 6.01. The van der Waals surface area contributed by atoms with Gasteiger partial charge in [0.25, 0.3) is 0 Å². The van der Waals surface area contributed by atoms with Gasteiger partial charge in [0.2, 0.25) is 0 Å². The van der Waals surface area contributed by atoms with E-state index in [1.807, 2.05) is 48.2 Å². The van der Waals surface area contributed by atoms with E-state index < -0.39 is 5.92 Å². The first-order chi connectivity index (χ1) is 19.8. The maximum atomic E-state index is 13.7. The van der Waals surface area contributed by atoms with E-state index in [2.05, 4.69) is 44.2 Å². The molecule has 212 valence electrons. The first kappa shape index (κ1) is 28.3. The number of allylic oxidation sites excluding steroid dienone is 3. The van der Waals surface area contributed by atoms with Gasteiger partial charge >= 0.3 is 0 Å². The molecule has 1 atom stereocenters. The molecule has 0 fully saturated rings. The maximum absolute atomic E-state index is 13.7. The van der Waals surface area contributed by atoms with Gasteiger partial charge in [-0.15, -0.1) is 0 Å². The Kier molecular flexibility index (Phi) is 8.05. The standard InChI is InChI=1S/C34H37N3O4/c1-5-40-30-17-23(13-14-29(30)41-21-24-11-8-10-22-9-6-7-12-25(22)24)31-26(20-35)33(36)37(15-16-39-4)27-18-34(2,3)19-28(38)32(27)31/h6-14,17,31H,5,15-16,18-19,21,36H2,1-4H3/t31-/m1/s1. The molecule has 2 aliphatic rings. The lowest BCUT2D eigenvalue weighted by atomic mass is 9.68. The second-order valence-electron chi connectivity index (χ2n) is 11.4. The predicted octanol–water partition coefficient (Wildman–Crippen LogP) is 6.20. The van der Waals surface area contributed by atoms with Gasteiger partial charge in [0.1, 0.15) is 12.4 Å². The summed E-state index contributed by atoms with van der Waals surface area (Å²) in [7, 11) is 1.63. The molecule has 7 heteroatoms. The fourth-order valence-corrected chi connectivity index (χ4v) is 6.01. The molecule has 5 rings (SSSR count). The number of ketones is 1. The normalized spacial score (nSPS) is 18.4. The Morgan fingerprint density at radius 3 is 2.59 bits per heavy atom. The van der Waals surface area contributed by atoms with E-state index in [9.17, 15) is 10.1 Å². The molecule has 3 aromatic rings. The summed E-state index contributed by atoms with van der Waals surface area (Å²) in [5.74, 6) is 0.991. The van der Waals surface area contributed by atoms with E-state index in [4.69, 9.17) is 19.9 Å². The number of ether oxygens (including phenoxy) is 3. The summed E-state index contributed by atoms with van der Waals surface area (Å²) in [4.78, 5) is 15.6.